The fourth-order valence-corrected chi connectivity index (χ4v) is 5.70. The molecule has 0 spiro atoms. The molecule has 5 aromatic carbocycles. The number of fused-ring (bicyclic) bond motifs is 2. The quantitative estimate of drug-likeness (QED) is 0.219. The molecule has 190 valence electrons. The lowest BCUT2D eigenvalue weighted by Crippen LogP contribution is -1.92. The van der Waals surface area contributed by atoms with E-state index in [1.807, 2.05) is 12.4 Å². The highest BCUT2D eigenvalue weighted by Gasteiger charge is 2.17. The second kappa shape index (κ2) is 9.91. The van der Waals surface area contributed by atoms with Crippen molar-refractivity contribution in [3.8, 4) is 44.8 Å². The lowest BCUT2D eigenvalue weighted by atomic mass is 9.85. The molecule has 0 N–H and O–H groups in total. The summed E-state index contributed by atoms with van der Waals surface area (Å²) in [6, 6.07) is 43.6. The molecule has 2 nitrogen and oxygen atoms in total. The molecule has 0 saturated carbocycles. The number of pyridine rings is 2. The van der Waals surface area contributed by atoms with Gasteiger partial charge in [0.1, 0.15) is 0 Å². The predicted molar refractivity (Wildman–Crippen MR) is 168 cm³/mol. The fourth-order valence-electron chi connectivity index (χ4n) is 5.70. The Labute approximate surface area is 234 Å². The molecule has 0 atom stereocenters. The molecule has 0 fully saturated rings. The zero-order valence-corrected chi connectivity index (χ0v) is 22.6. The van der Waals surface area contributed by atoms with Gasteiger partial charge < -0.3 is 0 Å². The van der Waals surface area contributed by atoms with E-state index < -0.39 is 0 Å². The molecule has 0 amide bonds. The Bertz CT molecular complexity index is 1800. The highest BCUT2D eigenvalue weighted by Crippen LogP contribution is 2.44. The zero-order valence-electron chi connectivity index (χ0n) is 22.6. The van der Waals surface area contributed by atoms with Crippen LogP contribution >= 0.6 is 0 Å². The van der Waals surface area contributed by atoms with Crippen LogP contribution in [0.25, 0.3) is 66.3 Å². The first kappa shape index (κ1) is 24.0. The SMILES string of the molecule is Cc1ccc(-c2cccc(-c3c4ccccc4c(-c4cccc(-c5ccc(C)cn5)c4)c4ccccc34)c2)nc1. The largest absolute Gasteiger partial charge is 0.256 e. The van der Waals surface area contributed by atoms with Gasteiger partial charge in [-0.25, -0.2) is 0 Å². The second-order valence-corrected chi connectivity index (χ2v) is 10.4. The summed E-state index contributed by atoms with van der Waals surface area (Å²) in [5.74, 6) is 0. The first-order valence-electron chi connectivity index (χ1n) is 13.7. The van der Waals surface area contributed by atoms with Crippen LogP contribution in [-0.4, -0.2) is 9.97 Å². The summed E-state index contributed by atoms with van der Waals surface area (Å²) in [6.45, 7) is 4.14. The average molecular weight is 513 g/mol. The van der Waals surface area contributed by atoms with Crippen molar-refractivity contribution in [2.24, 2.45) is 0 Å². The molecular formula is C38H28N2. The van der Waals surface area contributed by atoms with E-state index in [1.54, 1.807) is 0 Å². The predicted octanol–water partition coefficient (Wildman–Crippen LogP) is 10.1. The van der Waals surface area contributed by atoms with Crippen LogP contribution in [0.5, 0.6) is 0 Å². The average Bonchev–Trinajstić information content (AvgIpc) is 3.00. The van der Waals surface area contributed by atoms with Crippen molar-refractivity contribution >= 4 is 21.5 Å². The van der Waals surface area contributed by atoms with Gasteiger partial charge in [-0.15, -0.1) is 0 Å². The molecule has 0 aliphatic heterocycles. The van der Waals surface area contributed by atoms with E-state index in [4.69, 9.17) is 9.97 Å². The summed E-state index contributed by atoms with van der Waals surface area (Å²) in [6.07, 6.45) is 3.86. The minimum Gasteiger partial charge on any atom is -0.256 e. The molecule has 7 rings (SSSR count). The van der Waals surface area contributed by atoms with Crippen molar-refractivity contribution in [1.29, 1.82) is 0 Å². The molecule has 40 heavy (non-hydrogen) atoms. The van der Waals surface area contributed by atoms with Crippen molar-refractivity contribution in [1.82, 2.24) is 9.97 Å². The van der Waals surface area contributed by atoms with E-state index in [9.17, 15) is 0 Å². The maximum atomic E-state index is 4.69. The number of rotatable bonds is 4. The maximum absolute atomic E-state index is 4.69. The highest BCUT2D eigenvalue weighted by atomic mass is 14.7. The summed E-state index contributed by atoms with van der Waals surface area (Å²) in [5, 5.41) is 4.96. The van der Waals surface area contributed by atoms with E-state index in [-0.39, 0.29) is 0 Å². The molecule has 0 aliphatic carbocycles. The molecule has 0 bridgehead atoms. The zero-order chi connectivity index (χ0) is 27.1. The van der Waals surface area contributed by atoms with E-state index in [1.165, 1.54) is 43.8 Å². The van der Waals surface area contributed by atoms with Gasteiger partial charge in [0.25, 0.3) is 0 Å². The molecule has 2 heterocycles. The number of hydrogen-bond acceptors (Lipinski definition) is 2. The Hall–Kier alpha value is -5.08. The van der Waals surface area contributed by atoms with Crippen LogP contribution in [0.1, 0.15) is 11.1 Å². The Kier molecular flexibility index (Phi) is 5.94. The van der Waals surface area contributed by atoms with Crippen LogP contribution < -0.4 is 0 Å². The van der Waals surface area contributed by atoms with Crippen LogP contribution in [0.15, 0.2) is 134 Å². The van der Waals surface area contributed by atoms with Crippen LogP contribution in [-0.2, 0) is 0 Å². The number of aryl methyl sites for hydroxylation is 2. The van der Waals surface area contributed by atoms with Gasteiger partial charge in [-0.2, -0.15) is 0 Å². The third-order valence-electron chi connectivity index (χ3n) is 7.65. The summed E-state index contributed by atoms with van der Waals surface area (Å²) in [5.41, 5.74) is 11.4. The van der Waals surface area contributed by atoms with Crippen molar-refractivity contribution < 1.29 is 0 Å². The van der Waals surface area contributed by atoms with Gasteiger partial charge in [0.2, 0.25) is 0 Å². The molecular weight excluding hydrogens is 484 g/mol. The van der Waals surface area contributed by atoms with Gasteiger partial charge in [-0.05, 0) is 93.0 Å². The van der Waals surface area contributed by atoms with Crippen molar-refractivity contribution in [2.45, 2.75) is 13.8 Å². The monoisotopic (exact) mass is 512 g/mol. The van der Waals surface area contributed by atoms with Crippen molar-refractivity contribution in [3.63, 3.8) is 0 Å². The molecule has 0 saturated heterocycles. The Morgan fingerprint density at radius 3 is 1.10 bits per heavy atom. The standard InChI is InChI=1S/C38H28N2/c1-25-17-19-35(39-23-25)27-9-7-11-29(21-27)37-31-13-3-5-15-33(31)38(34-16-6-4-14-32(34)37)30-12-8-10-28(22-30)36-20-18-26(2)24-40-36/h3-24H,1-2H3. The normalized spacial score (nSPS) is 11.2. The minimum atomic E-state index is 0.985. The topological polar surface area (TPSA) is 25.8 Å². The minimum absolute atomic E-state index is 0.985. The molecule has 0 radical (unpaired) electrons. The Balaban J connectivity index is 1.48. The first-order chi connectivity index (χ1) is 19.7. The summed E-state index contributed by atoms with van der Waals surface area (Å²) in [4.78, 5) is 9.39. The third-order valence-corrected chi connectivity index (χ3v) is 7.65. The van der Waals surface area contributed by atoms with E-state index in [0.29, 0.717) is 0 Å². The van der Waals surface area contributed by atoms with Gasteiger partial charge in [0, 0.05) is 23.5 Å². The second-order valence-electron chi connectivity index (χ2n) is 10.4. The number of nitrogens with zero attached hydrogens (tertiary/aromatic N) is 2. The number of aromatic nitrogens is 2. The van der Waals surface area contributed by atoms with Gasteiger partial charge in [-0.3, -0.25) is 9.97 Å². The van der Waals surface area contributed by atoms with Gasteiger partial charge >= 0.3 is 0 Å². The lowest BCUT2D eigenvalue weighted by Gasteiger charge is -2.18. The van der Waals surface area contributed by atoms with E-state index >= 15 is 0 Å². The van der Waals surface area contributed by atoms with Crippen LogP contribution in [0.4, 0.5) is 0 Å². The van der Waals surface area contributed by atoms with Crippen LogP contribution in [0.2, 0.25) is 0 Å². The van der Waals surface area contributed by atoms with Gasteiger partial charge in [0.05, 0.1) is 11.4 Å². The highest BCUT2D eigenvalue weighted by molar-refractivity contribution is 6.21. The maximum Gasteiger partial charge on any atom is 0.0702 e. The molecule has 2 heteroatoms. The van der Waals surface area contributed by atoms with E-state index in [0.717, 1.165) is 33.6 Å². The fraction of sp³-hybridized carbons (Fsp3) is 0.0526. The molecule has 0 aliphatic rings. The lowest BCUT2D eigenvalue weighted by molar-refractivity contribution is 1.27. The van der Waals surface area contributed by atoms with Crippen LogP contribution in [0.3, 0.4) is 0 Å². The Morgan fingerprint density at radius 2 is 0.750 bits per heavy atom. The molecule has 0 unspecified atom stereocenters. The van der Waals surface area contributed by atoms with Gasteiger partial charge in [-0.1, -0.05) is 97.1 Å². The number of benzene rings is 5. The number of hydrogen-bond donors (Lipinski definition) is 0. The molecule has 2 aromatic heterocycles. The van der Waals surface area contributed by atoms with Crippen molar-refractivity contribution in [3.05, 3.63) is 145 Å². The Morgan fingerprint density at radius 1 is 0.375 bits per heavy atom. The smallest absolute Gasteiger partial charge is 0.0702 e. The third kappa shape index (κ3) is 4.24. The van der Waals surface area contributed by atoms with Crippen molar-refractivity contribution in [2.75, 3.05) is 0 Å². The van der Waals surface area contributed by atoms with Crippen LogP contribution in [0, 0.1) is 13.8 Å². The molecule has 7 aromatic rings. The first-order valence-corrected chi connectivity index (χ1v) is 13.7. The van der Waals surface area contributed by atoms with Gasteiger partial charge in [0.15, 0.2) is 0 Å². The summed E-state index contributed by atoms with van der Waals surface area (Å²) in [7, 11) is 0. The summed E-state index contributed by atoms with van der Waals surface area (Å²) < 4.78 is 0. The summed E-state index contributed by atoms with van der Waals surface area (Å²) >= 11 is 0. The van der Waals surface area contributed by atoms with E-state index in [2.05, 4.69) is 135 Å².